The van der Waals surface area contributed by atoms with Gasteiger partial charge in [-0.25, -0.2) is 0 Å². The first-order chi connectivity index (χ1) is 6.77. The Hall–Kier alpha value is -1.27. The van der Waals surface area contributed by atoms with E-state index in [1.807, 2.05) is 48.5 Å². The maximum Gasteiger partial charge on any atom is 0.0484 e. The van der Waals surface area contributed by atoms with Crippen LogP contribution < -0.4 is 0 Å². The van der Waals surface area contributed by atoms with Gasteiger partial charge in [-0.2, -0.15) is 0 Å². The minimum atomic E-state index is 0.767. The molecule has 0 atom stereocenters. The van der Waals surface area contributed by atoms with Crippen LogP contribution in [0.15, 0.2) is 48.5 Å². The summed E-state index contributed by atoms with van der Waals surface area (Å²) in [7, 11) is 0. The highest BCUT2D eigenvalue weighted by Gasteiger charge is 2.02. The standard InChI is InChI=1S/C13H10Cl/c1-10-7-8-13(14)12(9-10)11-5-3-2-4-6-11/h2-9H,1H2. The lowest BCUT2D eigenvalue weighted by molar-refractivity contribution is 1.57. The number of benzene rings is 2. The molecule has 14 heavy (non-hydrogen) atoms. The number of hydrogen-bond donors (Lipinski definition) is 0. The lowest BCUT2D eigenvalue weighted by atomic mass is 10.0. The molecule has 0 amide bonds. The molecule has 0 aromatic heterocycles. The molecule has 0 saturated heterocycles. The van der Waals surface area contributed by atoms with Gasteiger partial charge in [0.25, 0.3) is 0 Å². The summed E-state index contributed by atoms with van der Waals surface area (Å²) in [5, 5.41) is 0.767. The SMILES string of the molecule is [CH2]c1ccc(Cl)c(-c2ccccc2)c1. The molecular weight excluding hydrogens is 192 g/mol. The van der Waals surface area contributed by atoms with E-state index in [2.05, 4.69) is 6.92 Å². The van der Waals surface area contributed by atoms with E-state index in [1.165, 1.54) is 0 Å². The Morgan fingerprint density at radius 1 is 0.929 bits per heavy atom. The number of hydrogen-bond acceptors (Lipinski definition) is 0. The summed E-state index contributed by atoms with van der Waals surface area (Å²) >= 11 is 6.10. The number of halogens is 1. The fourth-order valence-corrected chi connectivity index (χ4v) is 1.64. The molecule has 0 fully saturated rings. The smallest absolute Gasteiger partial charge is 0.0484 e. The highest BCUT2D eigenvalue weighted by atomic mass is 35.5. The molecule has 0 N–H and O–H groups in total. The monoisotopic (exact) mass is 201 g/mol. The predicted molar refractivity (Wildman–Crippen MR) is 61.3 cm³/mol. The number of rotatable bonds is 1. The van der Waals surface area contributed by atoms with E-state index < -0.39 is 0 Å². The summed E-state index contributed by atoms with van der Waals surface area (Å²) in [4.78, 5) is 0. The van der Waals surface area contributed by atoms with Gasteiger partial charge < -0.3 is 0 Å². The third-order valence-corrected chi connectivity index (χ3v) is 2.45. The molecule has 1 radical (unpaired) electrons. The molecule has 69 valence electrons. The van der Waals surface area contributed by atoms with Gasteiger partial charge >= 0.3 is 0 Å². The average molecular weight is 202 g/mol. The molecule has 0 aliphatic carbocycles. The molecule has 2 aromatic rings. The zero-order valence-corrected chi connectivity index (χ0v) is 8.46. The van der Waals surface area contributed by atoms with Crippen LogP contribution in [0.2, 0.25) is 5.02 Å². The van der Waals surface area contributed by atoms with Gasteiger partial charge in [-0.1, -0.05) is 48.0 Å². The Balaban J connectivity index is 2.57. The van der Waals surface area contributed by atoms with Gasteiger partial charge in [0.1, 0.15) is 0 Å². The quantitative estimate of drug-likeness (QED) is 0.649. The van der Waals surface area contributed by atoms with Crippen molar-refractivity contribution in [2.24, 2.45) is 0 Å². The molecule has 0 aliphatic rings. The minimum Gasteiger partial charge on any atom is -0.0837 e. The van der Waals surface area contributed by atoms with Gasteiger partial charge in [-0.15, -0.1) is 0 Å². The van der Waals surface area contributed by atoms with E-state index >= 15 is 0 Å². The Kier molecular flexibility index (Phi) is 2.55. The minimum absolute atomic E-state index is 0.767. The van der Waals surface area contributed by atoms with Crippen molar-refractivity contribution in [3.63, 3.8) is 0 Å². The van der Waals surface area contributed by atoms with Crippen molar-refractivity contribution in [1.82, 2.24) is 0 Å². The highest BCUT2D eigenvalue weighted by molar-refractivity contribution is 6.33. The second-order valence-electron chi connectivity index (χ2n) is 3.18. The van der Waals surface area contributed by atoms with Crippen LogP contribution in [-0.4, -0.2) is 0 Å². The maximum absolute atomic E-state index is 6.10. The lowest BCUT2D eigenvalue weighted by Crippen LogP contribution is -1.80. The van der Waals surface area contributed by atoms with Gasteiger partial charge in [0.05, 0.1) is 0 Å². The topological polar surface area (TPSA) is 0 Å². The van der Waals surface area contributed by atoms with Crippen molar-refractivity contribution in [2.45, 2.75) is 0 Å². The summed E-state index contributed by atoms with van der Waals surface area (Å²) in [5.74, 6) is 0. The summed E-state index contributed by atoms with van der Waals surface area (Å²) in [6.45, 7) is 3.89. The van der Waals surface area contributed by atoms with E-state index in [0.717, 1.165) is 21.7 Å². The molecule has 0 bridgehead atoms. The molecule has 0 heterocycles. The zero-order valence-electron chi connectivity index (χ0n) is 7.70. The molecule has 0 nitrogen and oxygen atoms in total. The van der Waals surface area contributed by atoms with E-state index in [-0.39, 0.29) is 0 Å². The highest BCUT2D eigenvalue weighted by Crippen LogP contribution is 2.28. The van der Waals surface area contributed by atoms with E-state index in [1.54, 1.807) is 0 Å². The molecule has 1 heteroatoms. The van der Waals surface area contributed by atoms with Crippen LogP contribution in [0.3, 0.4) is 0 Å². The van der Waals surface area contributed by atoms with Crippen LogP contribution in [0.5, 0.6) is 0 Å². The van der Waals surface area contributed by atoms with Crippen LogP contribution >= 0.6 is 11.6 Å². The van der Waals surface area contributed by atoms with Crippen molar-refractivity contribution >= 4 is 11.6 Å². The van der Waals surface area contributed by atoms with Gasteiger partial charge in [0.2, 0.25) is 0 Å². The predicted octanol–water partition coefficient (Wildman–Crippen LogP) is 4.19. The fraction of sp³-hybridized carbons (Fsp3) is 0. The Bertz CT molecular complexity index is 432. The van der Waals surface area contributed by atoms with Crippen molar-refractivity contribution < 1.29 is 0 Å². The normalized spacial score (nSPS) is 10.1. The van der Waals surface area contributed by atoms with E-state index in [9.17, 15) is 0 Å². The molecule has 2 aromatic carbocycles. The molecule has 0 spiro atoms. The first kappa shape index (κ1) is 9.29. The lowest BCUT2D eigenvalue weighted by Gasteiger charge is -2.05. The molecule has 2 rings (SSSR count). The largest absolute Gasteiger partial charge is 0.0837 e. The average Bonchev–Trinajstić information content (AvgIpc) is 2.23. The Morgan fingerprint density at radius 3 is 2.36 bits per heavy atom. The molecule has 0 unspecified atom stereocenters. The third-order valence-electron chi connectivity index (χ3n) is 2.12. The first-order valence-corrected chi connectivity index (χ1v) is 4.82. The van der Waals surface area contributed by atoms with Crippen molar-refractivity contribution in [3.8, 4) is 11.1 Å². The summed E-state index contributed by atoms with van der Waals surface area (Å²) < 4.78 is 0. The van der Waals surface area contributed by atoms with Gasteiger partial charge in [0.15, 0.2) is 0 Å². The van der Waals surface area contributed by atoms with Crippen LogP contribution in [-0.2, 0) is 0 Å². The van der Waals surface area contributed by atoms with Crippen LogP contribution in [0.1, 0.15) is 5.56 Å². The van der Waals surface area contributed by atoms with Crippen LogP contribution in [0.4, 0.5) is 0 Å². The third kappa shape index (κ3) is 1.80. The van der Waals surface area contributed by atoms with Crippen molar-refractivity contribution in [2.75, 3.05) is 0 Å². The summed E-state index contributed by atoms with van der Waals surface area (Å²) in [6.07, 6.45) is 0. The van der Waals surface area contributed by atoms with Gasteiger partial charge in [0, 0.05) is 10.6 Å². The zero-order chi connectivity index (χ0) is 9.97. The Morgan fingerprint density at radius 2 is 1.64 bits per heavy atom. The second kappa shape index (κ2) is 3.85. The van der Waals surface area contributed by atoms with Gasteiger partial charge in [-0.05, 0) is 30.2 Å². The maximum atomic E-state index is 6.10. The van der Waals surface area contributed by atoms with E-state index in [0.29, 0.717) is 0 Å². The van der Waals surface area contributed by atoms with Gasteiger partial charge in [-0.3, -0.25) is 0 Å². The fourth-order valence-electron chi connectivity index (χ4n) is 1.41. The second-order valence-corrected chi connectivity index (χ2v) is 3.59. The molecule has 0 saturated carbocycles. The summed E-state index contributed by atoms with van der Waals surface area (Å²) in [5.41, 5.74) is 3.15. The van der Waals surface area contributed by atoms with Crippen LogP contribution in [0, 0.1) is 6.92 Å². The summed E-state index contributed by atoms with van der Waals surface area (Å²) in [6, 6.07) is 15.9. The molecule has 0 aliphatic heterocycles. The van der Waals surface area contributed by atoms with Crippen molar-refractivity contribution in [3.05, 3.63) is 66.0 Å². The first-order valence-electron chi connectivity index (χ1n) is 4.44. The van der Waals surface area contributed by atoms with E-state index in [4.69, 9.17) is 11.6 Å². The van der Waals surface area contributed by atoms with Crippen LogP contribution in [0.25, 0.3) is 11.1 Å². The Labute approximate surface area is 89.2 Å². The molecular formula is C13H10Cl. The van der Waals surface area contributed by atoms with Crippen molar-refractivity contribution in [1.29, 1.82) is 0 Å².